The van der Waals surface area contributed by atoms with Crippen LogP contribution in [-0.4, -0.2) is 19.5 Å². The molecule has 0 amide bonds. The molecule has 2 nitrogen and oxygen atoms in total. The average molecular weight is 380 g/mol. The Morgan fingerprint density at radius 2 is 1.57 bits per heavy atom. The van der Waals surface area contributed by atoms with Gasteiger partial charge in [0.15, 0.2) is 5.92 Å². The smallest absolute Gasteiger partial charge is 0.402 e. The Balaban J connectivity index is 3.40. The number of ether oxygens (including phenoxy) is 1. The van der Waals surface area contributed by atoms with Crippen molar-refractivity contribution in [3.8, 4) is 5.75 Å². The molecule has 1 aromatic carbocycles. The molecule has 0 aliphatic rings. The lowest BCUT2D eigenvalue weighted by Gasteiger charge is -2.29. The molecule has 0 saturated carbocycles. The van der Waals surface area contributed by atoms with Crippen LogP contribution < -0.4 is 10.5 Å². The number of hydrogen-bond donors (Lipinski definition) is 1. The van der Waals surface area contributed by atoms with Crippen LogP contribution >= 0.6 is 15.9 Å². The molecule has 0 radical (unpaired) electrons. The van der Waals surface area contributed by atoms with Crippen molar-refractivity contribution in [2.45, 2.75) is 25.3 Å². The number of aryl methyl sites for hydroxylation is 1. The molecule has 0 saturated heterocycles. The number of nitrogens with two attached hydrogens (primary N) is 1. The Kier molecular flexibility index (Phi) is 5.20. The quantitative estimate of drug-likeness (QED) is 0.784. The molecule has 0 fully saturated rings. The third-order valence-corrected chi connectivity index (χ3v) is 3.79. The number of halogens is 7. The fourth-order valence-corrected chi connectivity index (χ4v) is 2.24. The van der Waals surface area contributed by atoms with Crippen molar-refractivity contribution in [1.82, 2.24) is 0 Å². The lowest BCUT2D eigenvalue weighted by atomic mass is 9.91. The lowest BCUT2D eigenvalue weighted by Crippen LogP contribution is -2.44. The predicted molar refractivity (Wildman–Crippen MR) is 68.0 cm³/mol. The van der Waals surface area contributed by atoms with E-state index in [0.29, 0.717) is 10.0 Å². The van der Waals surface area contributed by atoms with Gasteiger partial charge in [-0.3, -0.25) is 0 Å². The van der Waals surface area contributed by atoms with E-state index in [4.69, 9.17) is 10.5 Å². The number of rotatable bonds is 3. The molecular formula is C12H12BrF6NO. The van der Waals surface area contributed by atoms with E-state index in [0.717, 1.165) is 13.2 Å². The van der Waals surface area contributed by atoms with Crippen LogP contribution in [0.2, 0.25) is 0 Å². The highest BCUT2D eigenvalue weighted by atomic mass is 79.9. The summed E-state index contributed by atoms with van der Waals surface area (Å²) in [6.07, 6.45) is -11.0. The molecule has 9 heteroatoms. The van der Waals surface area contributed by atoms with Crippen LogP contribution in [-0.2, 0) is 0 Å². The summed E-state index contributed by atoms with van der Waals surface area (Å²) in [5, 5.41) is 0. The largest absolute Gasteiger partial charge is 0.496 e. The van der Waals surface area contributed by atoms with Crippen LogP contribution in [0, 0.1) is 12.8 Å². The van der Waals surface area contributed by atoms with Crippen molar-refractivity contribution in [3.05, 3.63) is 27.7 Å². The van der Waals surface area contributed by atoms with Gasteiger partial charge in [0.05, 0.1) is 13.2 Å². The maximum absolute atomic E-state index is 12.7. The van der Waals surface area contributed by atoms with Gasteiger partial charge < -0.3 is 10.5 Å². The van der Waals surface area contributed by atoms with E-state index >= 15 is 0 Å². The van der Waals surface area contributed by atoms with Gasteiger partial charge in [0.2, 0.25) is 0 Å². The Hall–Kier alpha value is -0.960. The highest BCUT2D eigenvalue weighted by molar-refractivity contribution is 9.10. The highest BCUT2D eigenvalue weighted by Gasteiger charge is 2.60. The first kappa shape index (κ1) is 18.1. The molecule has 1 unspecified atom stereocenters. The van der Waals surface area contributed by atoms with Crippen LogP contribution in [0.5, 0.6) is 5.75 Å². The number of hydrogen-bond acceptors (Lipinski definition) is 2. The number of methoxy groups -OCH3 is 1. The van der Waals surface area contributed by atoms with Gasteiger partial charge in [-0.15, -0.1) is 0 Å². The standard InChI is InChI=1S/C12H12BrF6NO/c1-5-3-8(21-2)6(4-7(5)13)9(20)10(11(14,15)16)12(17,18)19/h3-4,9-10H,20H2,1-2H3. The zero-order valence-electron chi connectivity index (χ0n) is 10.9. The molecule has 1 rings (SSSR count). The first-order valence-electron chi connectivity index (χ1n) is 5.62. The molecule has 1 atom stereocenters. The van der Waals surface area contributed by atoms with Crippen LogP contribution in [0.25, 0.3) is 0 Å². The summed E-state index contributed by atoms with van der Waals surface area (Å²) in [7, 11) is 1.15. The molecule has 0 bridgehead atoms. The van der Waals surface area contributed by atoms with Crippen molar-refractivity contribution in [2.24, 2.45) is 11.7 Å². The molecule has 120 valence electrons. The van der Waals surface area contributed by atoms with E-state index in [-0.39, 0.29) is 11.3 Å². The highest BCUT2D eigenvalue weighted by Crippen LogP contribution is 2.47. The Labute approximate surface area is 125 Å². The maximum atomic E-state index is 12.7. The van der Waals surface area contributed by atoms with Crippen molar-refractivity contribution in [3.63, 3.8) is 0 Å². The monoisotopic (exact) mass is 379 g/mol. The summed E-state index contributed by atoms with van der Waals surface area (Å²) < 4.78 is 81.5. The fraction of sp³-hybridized carbons (Fsp3) is 0.500. The second kappa shape index (κ2) is 6.04. The van der Waals surface area contributed by atoms with Crippen molar-refractivity contribution in [2.75, 3.05) is 7.11 Å². The van der Waals surface area contributed by atoms with E-state index in [1.807, 2.05) is 0 Å². The Bertz CT molecular complexity index is 500. The molecule has 2 N–H and O–H groups in total. The number of benzene rings is 1. The van der Waals surface area contributed by atoms with Gasteiger partial charge in [0.1, 0.15) is 5.75 Å². The number of alkyl halides is 6. The second-order valence-electron chi connectivity index (χ2n) is 4.43. The van der Waals surface area contributed by atoms with Crippen molar-refractivity contribution in [1.29, 1.82) is 0 Å². The SMILES string of the molecule is COc1cc(C)c(Br)cc1C(N)C(C(F)(F)F)C(F)(F)F. The molecule has 0 aromatic heterocycles. The van der Waals surface area contributed by atoms with E-state index < -0.39 is 24.3 Å². The minimum absolute atomic E-state index is 0.123. The summed E-state index contributed by atoms with van der Waals surface area (Å²) in [6, 6.07) is 0.115. The lowest BCUT2D eigenvalue weighted by molar-refractivity contribution is -0.290. The van der Waals surface area contributed by atoms with Crippen LogP contribution in [0.1, 0.15) is 17.2 Å². The fourth-order valence-electron chi connectivity index (χ4n) is 1.88. The second-order valence-corrected chi connectivity index (χ2v) is 5.28. The molecule has 0 aliphatic heterocycles. The molecular weight excluding hydrogens is 368 g/mol. The minimum Gasteiger partial charge on any atom is -0.496 e. The summed E-state index contributed by atoms with van der Waals surface area (Å²) in [4.78, 5) is 0. The Morgan fingerprint density at radius 3 is 1.95 bits per heavy atom. The minimum atomic E-state index is -5.51. The first-order valence-corrected chi connectivity index (χ1v) is 6.42. The van der Waals surface area contributed by atoms with E-state index in [2.05, 4.69) is 15.9 Å². The van der Waals surface area contributed by atoms with Gasteiger partial charge in [-0.25, -0.2) is 0 Å². The van der Waals surface area contributed by atoms with Gasteiger partial charge in [-0.05, 0) is 24.6 Å². The van der Waals surface area contributed by atoms with Gasteiger partial charge in [0.25, 0.3) is 0 Å². The average Bonchev–Trinajstić information content (AvgIpc) is 2.28. The van der Waals surface area contributed by atoms with Crippen molar-refractivity contribution >= 4 is 15.9 Å². The van der Waals surface area contributed by atoms with Gasteiger partial charge in [-0.2, -0.15) is 26.3 Å². The predicted octanol–water partition coefficient (Wildman–Crippen LogP) is 4.51. The normalized spacial score (nSPS) is 14.4. The summed E-state index contributed by atoms with van der Waals surface area (Å²) in [5.74, 6) is -3.80. The molecule has 0 heterocycles. The van der Waals surface area contributed by atoms with Crippen molar-refractivity contribution < 1.29 is 31.1 Å². The van der Waals surface area contributed by atoms with E-state index in [1.54, 1.807) is 6.92 Å². The maximum Gasteiger partial charge on any atom is 0.402 e. The topological polar surface area (TPSA) is 35.2 Å². The van der Waals surface area contributed by atoms with Gasteiger partial charge in [0, 0.05) is 10.0 Å². The summed E-state index contributed by atoms with van der Waals surface area (Å²) in [5.41, 5.74) is 5.50. The van der Waals surface area contributed by atoms with Crippen LogP contribution in [0.15, 0.2) is 16.6 Å². The van der Waals surface area contributed by atoms with Crippen LogP contribution in [0.3, 0.4) is 0 Å². The first-order chi connectivity index (χ1) is 9.39. The molecule has 0 aliphatic carbocycles. The van der Waals surface area contributed by atoms with Crippen LogP contribution in [0.4, 0.5) is 26.3 Å². The third kappa shape index (κ3) is 4.03. The van der Waals surface area contributed by atoms with E-state index in [9.17, 15) is 26.3 Å². The zero-order valence-corrected chi connectivity index (χ0v) is 12.5. The summed E-state index contributed by atoms with van der Waals surface area (Å²) >= 11 is 3.05. The van der Waals surface area contributed by atoms with Gasteiger partial charge >= 0.3 is 12.4 Å². The molecule has 0 spiro atoms. The zero-order chi connectivity index (χ0) is 16.6. The molecule has 1 aromatic rings. The molecule has 21 heavy (non-hydrogen) atoms. The third-order valence-electron chi connectivity index (χ3n) is 2.93. The van der Waals surface area contributed by atoms with Gasteiger partial charge in [-0.1, -0.05) is 15.9 Å². The van der Waals surface area contributed by atoms with E-state index in [1.165, 1.54) is 6.07 Å². The Morgan fingerprint density at radius 1 is 1.10 bits per heavy atom. The summed E-state index contributed by atoms with van der Waals surface area (Å²) in [6.45, 7) is 1.62.